The van der Waals surface area contributed by atoms with E-state index >= 15 is 0 Å². The number of pyridine rings is 1. The van der Waals surface area contributed by atoms with Gasteiger partial charge in [-0.05, 0) is 43.3 Å². The van der Waals surface area contributed by atoms with E-state index in [1.165, 1.54) is 18.2 Å². The molecule has 32 heavy (non-hydrogen) atoms. The summed E-state index contributed by atoms with van der Waals surface area (Å²) in [6, 6.07) is 14.2. The zero-order chi connectivity index (χ0) is 23.0. The SMILES string of the molecule is CCOc1cc(C(=O)Nc2cccc(OCC(F)(F)F)c2)ccc1OCc1cccnc1. The topological polar surface area (TPSA) is 69.7 Å². The summed E-state index contributed by atoms with van der Waals surface area (Å²) < 4.78 is 53.1. The Morgan fingerprint density at radius 3 is 2.56 bits per heavy atom. The molecule has 0 spiro atoms. The van der Waals surface area contributed by atoms with Crippen LogP contribution >= 0.6 is 0 Å². The Morgan fingerprint density at radius 2 is 1.84 bits per heavy atom. The quantitative estimate of drug-likeness (QED) is 0.486. The van der Waals surface area contributed by atoms with E-state index in [1.807, 2.05) is 13.0 Å². The van der Waals surface area contributed by atoms with Gasteiger partial charge in [-0.1, -0.05) is 12.1 Å². The molecule has 0 atom stereocenters. The number of alkyl halides is 3. The van der Waals surface area contributed by atoms with Gasteiger partial charge in [-0.15, -0.1) is 0 Å². The number of aromatic nitrogens is 1. The van der Waals surface area contributed by atoms with Gasteiger partial charge >= 0.3 is 6.18 Å². The molecule has 3 aromatic rings. The molecule has 0 aliphatic heterocycles. The Kier molecular flexibility index (Phi) is 7.54. The fourth-order valence-corrected chi connectivity index (χ4v) is 2.71. The maximum Gasteiger partial charge on any atom is 0.422 e. The number of carbonyl (C=O) groups is 1. The van der Waals surface area contributed by atoms with Gasteiger partial charge in [0.2, 0.25) is 0 Å². The minimum atomic E-state index is -4.45. The summed E-state index contributed by atoms with van der Waals surface area (Å²) in [6.45, 7) is 1.05. The van der Waals surface area contributed by atoms with Crippen LogP contribution in [0.3, 0.4) is 0 Å². The molecule has 0 aliphatic rings. The highest BCUT2D eigenvalue weighted by Gasteiger charge is 2.28. The lowest BCUT2D eigenvalue weighted by Crippen LogP contribution is -2.19. The first-order valence-corrected chi connectivity index (χ1v) is 9.73. The predicted octanol–water partition coefficient (Wildman–Crippen LogP) is 5.25. The van der Waals surface area contributed by atoms with Crippen LogP contribution in [0, 0.1) is 0 Å². The maximum absolute atomic E-state index is 12.7. The van der Waals surface area contributed by atoms with Crippen LogP contribution in [-0.4, -0.2) is 30.3 Å². The van der Waals surface area contributed by atoms with Crippen molar-refractivity contribution in [3.63, 3.8) is 0 Å². The lowest BCUT2D eigenvalue weighted by atomic mass is 10.1. The summed E-state index contributed by atoms with van der Waals surface area (Å²) in [4.78, 5) is 16.7. The van der Waals surface area contributed by atoms with E-state index in [0.717, 1.165) is 5.56 Å². The largest absolute Gasteiger partial charge is 0.490 e. The van der Waals surface area contributed by atoms with Crippen LogP contribution in [0.2, 0.25) is 0 Å². The highest BCUT2D eigenvalue weighted by atomic mass is 19.4. The van der Waals surface area contributed by atoms with Gasteiger partial charge in [-0.2, -0.15) is 13.2 Å². The number of hydrogen-bond acceptors (Lipinski definition) is 5. The molecule has 0 saturated carbocycles. The molecule has 0 aliphatic carbocycles. The Morgan fingerprint density at radius 1 is 1.00 bits per heavy atom. The van der Waals surface area contributed by atoms with Crippen molar-refractivity contribution >= 4 is 11.6 Å². The van der Waals surface area contributed by atoms with Gasteiger partial charge in [0.1, 0.15) is 12.4 Å². The number of nitrogens with zero attached hydrogens (tertiary/aromatic N) is 1. The fraction of sp³-hybridized carbons (Fsp3) is 0.217. The van der Waals surface area contributed by atoms with E-state index in [4.69, 9.17) is 14.2 Å². The van der Waals surface area contributed by atoms with Crippen molar-refractivity contribution in [2.75, 3.05) is 18.5 Å². The van der Waals surface area contributed by atoms with Crippen LogP contribution in [0.5, 0.6) is 17.2 Å². The molecular weight excluding hydrogens is 425 g/mol. The fourth-order valence-electron chi connectivity index (χ4n) is 2.71. The van der Waals surface area contributed by atoms with Crippen LogP contribution < -0.4 is 19.5 Å². The second-order valence-electron chi connectivity index (χ2n) is 6.63. The molecule has 0 saturated heterocycles. The first kappa shape index (κ1) is 22.9. The molecule has 3 rings (SSSR count). The van der Waals surface area contributed by atoms with Crippen molar-refractivity contribution in [3.8, 4) is 17.2 Å². The van der Waals surface area contributed by atoms with Crippen molar-refractivity contribution in [3.05, 3.63) is 78.1 Å². The molecule has 0 bridgehead atoms. The monoisotopic (exact) mass is 446 g/mol. The molecule has 168 valence electrons. The van der Waals surface area contributed by atoms with Crippen LogP contribution in [0.4, 0.5) is 18.9 Å². The number of ether oxygens (including phenoxy) is 3. The zero-order valence-electron chi connectivity index (χ0n) is 17.2. The Labute approximate surface area is 183 Å². The average Bonchev–Trinajstić information content (AvgIpc) is 2.77. The number of benzene rings is 2. The first-order chi connectivity index (χ1) is 15.3. The molecule has 1 amide bonds. The van der Waals surface area contributed by atoms with Crippen molar-refractivity contribution in [1.29, 1.82) is 0 Å². The highest BCUT2D eigenvalue weighted by molar-refractivity contribution is 6.04. The molecule has 0 fully saturated rings. The lowest BCUT2D eigenvalue weighted by molar-refractivity contribution is -0.153. The molecule has 9 heteroatoms. The zero-order valence-corrected chi connectivity index (χ0v) is 17.2. The van der Waals surface area contributed by atoms with Gasteiger partial charge in [0.05, 0.1) is 6.61 Å². The number of carbonyl (C=O) groups excluding carboxylic acids is 1. The highest BCUT2D eigenvalue weighted by Crippen LogP contribution is 2.30. The van der Waals surface area contributed by atoms with E-state index in [9.17, 15) is 18.0 Å². The van der Waals surface area contributed by atoms with Crippen molar-refractivity contribution < 1.29 is 32.2 Å². The van der Waals surface area contributed by atoms with Crippen molar-refractivity contribution in [2.45, 2.75) is 19.7 Å². The summed E-state index contributed by atoms with van der Waals surface area (Å²) in [6.07, 6.45) is -1.09. The molecular formula is C23H21F3N2O4. The molecule has 1 N–H and O–H groups in total. The minimum absolute atomic E-state index is 0.00530. The van der Waals surface area contributed by atoms with E-state index in [2.05, 4.69) is 10.3 Å². The van der Waals surface area contributed by atoms with Gasteiger partial charge in [0.25, 0.3) is 5.91 Å². The molecule has 0 unspecified atom stereocenters. The maximum atomic E-state index is 12.7. The summed E-state index contributed by atoms with van der Waals surface area (Å²) in [5.74, 6) is 0.396. The third-order valence-corrected chi connectivity index (χ3v) is 4.12. The summed E-state index contributed by atoms with van der Waals surface area (Å²) >= 11 is 0. The molecule has 6 nitrogen and oxygen atoms in total. The Hall–Kier alpha value is -3.75. The van der Waals surface area contributed by atoms with E-state index in [-0.39, 0.29) is 12.4 Å². The lowest BCUT2D eigenvalue weighted by Gasteiger charge is -2.14. The van der Waals surface area contributed by atoms with Crippen molar-refractivity contribution in [2.24, 2.45) is 0 Å². The number of halogens is 3. The smallest absolute Gasteiger partial charge is 0.422 e. The number of rotatable bonds is 9. The third kappa shape index (κ3) is 6.90. The minimum Gasteiger partial charge on any atom is -0.490 e. The summed E-state index contributed by atoms with van der Waals surface area (Å²) in [7, 11) is 0. The van der Waals surface area contributed by atoms with Crippen LogP contribution in [0.1, 0.15) is 22.8 Å². The standard InChI is InChI=1S/C23H21F3N2O4/c1-2-30-21-11-17(8-9-20(21)31-14-16-5-4-10-27-13-16)22(29)28-18-6-3-7-19(12-18)32-15-23(24,25)26/h3-13H,2,14-15H2,1H3,(H,28,29). The Balaban J connectivity index is 1.69. The average molecular weight is 446 g/mol. The normalized spacial score (nSPS) is 11.0. The summed E-state index contributed by atoms with van der Waals surface area (Å²) in [5.41, 5.74) is 1.47. The van der Waals surface area contributed by atoms with Gasteiger partial charge in [-0.3, -0.25) is 9.78 Å². The molecule has 0 radical (unpaired) electrons. The van der Waals surface area contributed by atoms with Crippen molar-refractivity contribution in [1.82, 2.24) is 4.98 Å². The summed E-state index contributed by atoms with van der Waals surface area (Å²) in [5, 5.41) is 2.64. The number of amides is 1. The number of anilines is 1. The van der Waals surface area contributed by atoms with Gasteiger partial charge in [0.15, 0.2) is 18.1 Å². The van der Waals surface area contributed by atoms with Gasteiger partial charge in [-0.25, -0.2) is 0 Å². The first-order valence-electron chi connectivity index (χ1n) is 9.73. The predicted molar refractivity (Wildman–Crippen MR) is 112 cm³/mol. The van der Waals surface area contributed by atoms with E-state index < -0.39 is 18.7 Å². The van der Waals surface area contributed by atoms with E-state index in [0.29, 0.717) is 29.4 Å². The number of nitrogens with one attached hydrogen (secondary N) is 1. The third-order valence-electron chi connectivity index (χ3n) is 4.12. The van der Waals surface area contributed by atoms with Crippen LogP contribution in [-0.2, 0) is 6.61 Å². The van der Waals surface area contributed by atoms with Gasteiger partial charge < -0.3 is 19.5 Å². The second-order valence-corrected chi connectivity index (χ2v) is 6.63. The van der Waals surface area contributed by atoms with Gasteiger partial charge in [0, 0.05) is 35.3 Å². The Bertz CT molecular complexity index is 1040. The van der Waals surface area contributed by atoms with Crippen LogP contribution in [0.25, 0.3) is 0 Å². The van der Waals surface area contributed by atoms with Crippen LogP contribution in [0.15, 0.2) is 67.0 Å². The second kappa shape index (κ2) is 10.5. The molecule has 1 heterocycles. The molecule has 1 aromatic heterocycles. The number of hydrogen-bond donors (Lipinski definition) is 1. The van der Waals surface area contributed by atoms with E-state index in [1.54, 1.807) is 42.7 Å². The molecule has 2 aromatic carbocycles.